The van der Waals surface area contributed by atoms with Gasteiger partial charge in [0.2, 0.25) is 0 Å². The van der Waals surface area contributed by atoms with E-state index in [1.807, 2.05) is 0 Å². The molecule has 1 aliphatic carbocycles. The molecule has 0 saturated heterocycles. The van der Waals surface area contributed by atoms with Crippen molar-refractivity contribution in [3.63, 3.8) is 0 Å². The van der Waals surface area contributed by atoms with Crippen LogP contribution in [0.1, 0.15) is 43.3 Å². The van der Waals surface area contributed by atoms with Crippen LogP contribution < -0.4 is 9.47 Å². The van der Waals surface area contributed by atoms with Crippen molar-refractivity contribution in [3.8, 4) is 11.5 Å². The van der Waals surface area contributed by atoms with E-state index >= 15 is 0 Å². The Balaban J connectivity index is 1.51. The van der Waals surface area contributed by atoms with E-state index in [0.717, 1.165) is 18.7 Å². The molecule has 6 nitrogen and oxygen atoms in total. The summed E-state index contributed by atoms with van der Waals surface area (Å²) >= 11 is 0. The van der Waals surface area contributed by atoms with E-state index in [1.165, 1.54) is 12.8 Å². The Hall–Kier alpha value is -2.08. The second kappa shape index (κ2) is 7.26. The Bertz CT molecular complexity index is 576. The Labute approximate surface area is 129 Å². The minimum Gasteiger partial charge on any atom is -0.491 e. The summed E-state index contributed by atoms with van der Waals surface area (Å²) in [5.74, 6) is 3.16. The van der Waals surface area contributed by atoms with Crippen LogP contribution in [0.5, 0.6) is 11.5 Å². The van der Waals surface area contributed by atoms with Gasteiger partial charge in [0, 0.05) is 5.92 Å². The zero-order valence-electron chi connectivity index (χ0n) is 12.4. The maximum Gasteiger partial charge on any atom is 0.264 e. The third-order valence-corrected chi connectivity index (χ3v) is 3.75. The summed E-state index contributed by atoms with van der Waals surface area (Å²) < 4.78 is 16.2. The van der Waals surface area contributed by atoms with Gasteiger partial charge in [-0.2, -0.15) is 4.98 Å². The third kappa shape index (κ3) is 3.76. The zero-order chi connectivity index (χ0) is 15.2. The maximum atomic E-state index is 8.70. The molecule has 0 atom stereocenters. The molecule has 1 aromatic carbocycles. The highest BCUT2D eigenvalue weighted by Gasteiger charge is 2.22. The highest BCUT2D eigenvalue weighted by molar-refractivity contribution is 5.31. The van der Waals surface area contributed by atoms with Gasteiger partial charge in [-0.25, -0.2) is 0 Å². The first kappa shape index (κ1) is 14.8. The number of aromatic nitrogens is 2. The lowest BCUT2D eigenvalue weighted by Gasteiger charge is -2.06. The molecular weight excluding hydrogens is 284 g/mol. The number of ether oxygens (including phenoxy) is 2. The van der Waals surface area contributed by atoms with Gasteiger partial charge in [0.1, 0.15) is 18.1 Å². The van der Waals surface area contributed by atoms with E-state index in [2.05, 4.69) is 10.1 Å². The first-order valence-electron chi connectivity index (χ1n) is 7.64. The molecule has 1 aliphatic rings. The average molecular weight is 304 g/mol. The van der Waals surface area contributed by atoms with Gasteiger partial charge in [0.05, 0.1) is 6.61 Å². The summed E-state index contributed by atoms with van der Waals surface area (Å²) in [5, 5.41) is 12.7. The molecule has 1 aromatic heterocycles. The molecule has 1 saturated carbocycles. The van der Waals surface area contributed by atoms with Crippen molar-refractivity contribution in [3.05, 3.63) is 36.0 Å². The SMILES string of the molecule is OCCOc1ccc(OCc2nc(C3CCCC3)no2)cc1. The molecular formula is C16H20N2O4. The lowest BCUT2D eigenvalue weighted by molar-refractivity contribution is 0.201. The van der Waals surface area contributed by atoms with Gasteiger partial charge in [-0.05, 0) is 37.1 Å². The van der Waals surface area contributed by atoms with Crippen LogP contribution in [0.15, 0.2) is 28.8 Å². The molecule has 0 aliphatic heterocycles. The Kier molecular flexibility index (Phi) is 4.90. The minimum absolute atomic E-state index is 0.00125. The van der Waals surface area contributed by atoms with Crippen molar-refractivity contribution in [2.24, 2.45) is 0 Å². The fourth-order valence-electron chi connectivity index (χ4n) is 2.62. The maximum absolute atomic E-state index is 8.70. The number of benzene rings is 1. The van der Waals surface area contributed by atoms with Crippen LogP contribution in [0.25, 0.3) is 0 Å². The van der Waals surface area contributed by atoms with Gasteiger partial charge in [-0.15, -0.1) is 0 Å². The van der Waals surface area contributed by atoms with Crippen LogP contribution >= 0.6 is 0 Å². The first-order valence-corrected chi connectivity index (χ1v) is 7.64. The van der Waals surface area contributed by atoms with Crippen molar-refractivity contribution in [2.45, 2.75) is 38.2 Å². The number of rotatable bonds is 7. The molecule has 118 valence electrons. The van der Waals surface area contributed by atoms with Crippen LogP contribution in [-0.2, 0) is 6.61 Å². The number of aliphatic hydroxyl groups excluding tert-OH is 1. The summed E-state index contributed by atoms with van der Waals surface area (Å²) in [7, 11) is 0. The molecule has 1 N–H and O–H groups in total. The van der Waals surface area contributed by atoms with E-state index in [0.29, 0.717) is 23.3 Å². The van der Waals surface area contributed by atoms with E-state index < -0.39 is 0 Å². The summed E-state index contributed by atoms with van der Waals surface area (Å²) in [4.78, 5) is 4.41. The van der Waals surface area contributed by atoms with Gasteiger partial charge in [0.15, 0.2) is 12.4 Å². The van der Waals surface area contributed by atoms with Crippen LogP contribution in [-0.4, -0.2) is 28.5 Å². The fourth-order valence-corrected chi connectivity index (χ4v) is 2.62. The number of nitrogens with zero attached hydrogens (tertiary/aromatic N) is 2. The minimum atomic E-state index is -0.00125. The normalized spacial score (nSPS) is 15.1. The zero-order valence-corrected chi connectivity index (χ0v) is 12.4. The molecule has 22 heavy (non-hydrogen) atoms. The topological polar surface area (TPSA) is 77.6 Å². The van der Waals surface area contributed by atoms with Crippen molar-refractivity contribution in [1.82, 2.24) is 10.1 Å². The molecule has 0 amide bonds. The van der Waals surface area contributed by atoms with Crippen molar-refractivity contribution in [1.29, 1.82) is 0 Å². The summed E-state index contributed by atoms with van der Waals surface area (Å²) in [6, 6.07) is 7.20. The van der Waals surface area contributed by atoms with E-state index in [1.54, 1.807) is 24.3 Å². The summed E-state index contributed by atoms with van der Waals surface area (Å²) in [6.07, 6.45) is 4.79. The van der Waals surface area contributed by atoms with E-state index in [-0.39, 0.29) is 19.8 Å². The monoisotopic (exact) mass is 304 g/mol. The highest BCUT2D eigenvalue weighted by atomic mass is 16.5. The Morgan fingerprint density at radius 2 is 1.77 bits per heavy atom. The Morgan fingerprint density at radius 3 is 2.45 bits per heavy atom. The van der Waals surface area contributed by atoms with Crippen molar-refractivity contribution < 1.29 is 19.1 Å². The molecule has 3 rings (SSSR count). The summed E-state index contributed by atoms with van der Waals surface area (Å²) in [5.41, 5.74) is 0. The van der Waals surface area contributed by atoms with Crippen LogP contribution in [0.2, 0.25) is 0 Å². The standard InChI is InChI=1S/C16H20N2O4/c19-9-10-20-13-5-7-14(8-6-13)21-11-15-17-16(18-22-15)12-3-1-2-4-12/h5-8,12,19H,1-4,9-11H2. The lowest BCUT2D eigenvalue weighted by Crippen LogP contribution is -2.01. The second-order valence-corrected chi connectivity index (χ2v) is 5.36. The van der Waals surface area contributed by atoms with Crippen LogP contribution in [0.4, 0.5) is 0 Å². The quantitative estimate of drug-likeness (QED) is 0.847. The molecule has 2 aromatic rings. The molecule has 0 unspecified atom stereocenters. The van der Waals surface area contributed by atoms with Gasteiger partial charge < -0.3 is 19.1 Å². The molecule has 0 bridgehead atoms. The smallest absolute Gasteiger partial charge is 0.264 e. The lowest BCUT2D eigenvalue weighted by atomic mass is 10.1. The number of aliphatic hydroxyl groups is 1. The predicted octanol–water partition coefficient (Wildman–Crippen LogP) is 2.68. The van der Waals surface area contributed by atoms with Gasteiger partial charge in [0.25, 0.3) is 5.89 Å². The molecule has 6 heteroatoms. The third-order valence-electron chi connectivity index (χ3n) is 3.75. The average Bonchev–Trinajstić information content (AvgIpc) is 3.23. The highest BCUT2D eigenvalue weighted by Crippen LogP contribution is 2.32. The van der Waals surface area contributed by atoms with Crippen LogP contribution in [0.3, 0.4) is 0 Å². The molecule has 1 fully saturated rings. The van der Waals surface area contributed by atoms with Crippen molar-refractivity contribution >= 4 is 0 Å². The number of hydrogen-bond acceptors (Lipinski definition) is 6. The van der Waals surface area contributed by atoms with Gasteiger partial charge in [-0.1, -0.05) is 18.0 Å². The van der Waals surface area contributed by atoms with Crippen LogP contribution in [0, 0.1) is 0 Å². The summed E-state index contributed by atoms with van der Waals surface area (Å²) in [6.45, 7) is 0.543. The van der Waals surface area contributed by atoms with Gasteiger partial charge >= 0.3 is 0 Å². The van der Waals surface area contributed by atoms with Gasteiger partial charge in [-0.3, -0.25) is 0 Å². The van der Waals surface area contributed by atoms with Crippen molar-refractivity contribution in [2.75, 3.05) is 13.2 Å². The first-order chi connectivity index (χ1) is 10.8. The Morgan fingerprint density at radius 1 is 1.09 bits per heavy atom. The predicted molar refractivity (Wildman–Crippen MR) is 78.9 cm³/mol. The molecule has 0 spiro atoms. The molecule has 0 radical (unpaired) electrons. The molecule has 1 heterocycles. The fraction of sp³-hybridized carbons (Fsp3) is 0.500. The second-order valence-electron chi connectivity index (χ2n) is 5.36. The van der Waals surface area contributed by atoms with E-state index in [9.17, 15) is 0 Å². The largest absolute Gasteiger partial charge is 0.491 e. The number of hydrogen-bond donors (Lipinski definition) is 1. The van der Waals surface area contributed by atoms with E-state index in [4.69, 9.17) is 19.1 Å².